The number of rotatable bonds is 6. The van der Waals surface area contributed by atoms with Crippen LogP contribution >= 0.6 is 0 Å². The monoisotopic (exact) mass is 318 g/mol. The Morgan fingerprint density at radius 2 is 1.46 bits per heavy atom. The van der Waals surface area contributed by atoms with Gasteiger partial charge in [0.1, 0.15) is 13.1 Å². The summed E-state index contributed by atoms with van der Waals surface area (Å²) in [6.07, 6.45) is 1.14. The molecule has 0 heterocycles. The van der Waals surface area contributed by atoms with Crippen LogP contribution in [0.5, 0.6) is 0 Å². The van der Waals surface area contributed by atoms with Crippen molar-refractivity contribution in [2.24, 2.45) is 0 Å². The Bertz CT molecular complexity index is 954. The van der Waals surface area contributed by atoms with E-state index < -0.39 is 0 Å². The standard InChI is InChI=1S/C22H23NO/c1-2-12-23(13-14-24)15-19-9-8-18-7-6-16-4-3-5-17-10-11-20(19)22(18)21(16)17/h3-11,24H,2,12-15H2,1H3/p+1. The van der Waals surface area contributed by atoms with Crippen molar-refractivity contribution in [1.82, 2.24) is 0 Å². The lowest BCUT2D eigenvalue weighted by Gasteiger charge is -2.20. The third-order valence-electron chi connectivity index (χ3n) is 5.13. The average Bonchev–Trinajstić information content (AvgIpc) is 2.61. The van der Waals surface area contributed by atoms with Crippen molar-refractivity contribution in [3.63, 3.8) is 0 Å². The highest BCUT2D eigenvalue weighted by molar-refractivity contribution is 6.23. The summed E-state index contributed by atoms with van der Waals surface area (Å²) in [6, 6.07) is 20.1. The van der Waals surface area contributed by atoms with E-state index in [4.69, 9.17) is 0 Å². The van der Waals surface area contributed by atoms with Gasteiger partial charge in [-0.15, -0.1) is 0 Å². The van der Waals surface area contributed by atoms with Crippen molar-refractivity contribution in [1.29, 1.82) is 0 Å². The molecule has 0 saturated carbocycles. The second kappa shape index (κ2) is 6.39. The molecule has 4 rings (SSSR count). The zero-order valence-electron chi connectivity index (χ0n) is 14.2. The molecule has 122 valence electrons. The van der Waals surface area contributed by atoms with Crippen molar-refractivity contribution in [3.05, 3.63) is 60.2 Å². The first-order chi connectivity index (χ1) is 11.8. The summed E-state index contributed by atoms with van der Waals surface area (Å²) in [7, 11) is 0. The Morgan fingerprint density at radius 3 is 2.17 bits per heavy atom. The van der Waals surface area contributed by atoms with Crippen LogP contribution in [-0.4, -0.2) is 24.8 Å². The molecule has 4 aromatic carbocycles. The van der Waals surface area contributed by atoms with Gasteiger partial charge in [-0.3, -0.25) is 0 Å². The first-order valence-corrected chi connectivity index (χ1v) is 8.91. The van der Waals surface area contributed by atoms with Gasteiger partial charge in [-0.2, -0.15) is 0 Å². The molecular formula is C22H24NO+. The summed E-state index contributed by atoms with van der Waals surface area (Å²) in [4.78, 5) is 1.45. The van der Waals surface area contributed by atoms with E-state index in [1.54, 1.807) is 0 Å². The number of quaternary nitrogens is 1. The minimum atomic E-state index is 0.251. The molecule has 0 fully saturated rings. The van der Waals surface area contributed by atoms with Crippen LogP contribution < -0.4 is 4.90 Å². The van der Waals surface area contributed by atoms with E-state index in [1.807, 2.05) is 0 Å². The Morgan fingerprint density at radius 1 is 0.792 bits per heavy atom. The number of aliphatic hydroxyl groups excluding tert-OH is 1. The number of benzene rings is 4. The number of hydrogen-bond acceptors (Lipinski definition) is 1. The topological polar surface area (TPSA) is 24.7 Å². The summed E-state index contributed by atoms with van der Waals surface area (Å²) < 4.78 is 0. The van der Waals surface area contributed by atoms with E-state index in [-0.39, 0.29) is 6.61 Å². The quantitative estimate of drug-likeness (QED) is 0.524. The lowest BCUT2D eigenvalue weighted by molar-refractivity contribution is -0.914. The zero-order chi connectivity index (χ0) is 16.5. The van der Waals surface area contributed by atoms with Crippen molar-refractivity contribution >= 4 is 32.3 Å². The zero-order valence-corrected chi connectivity index (χ0v) is 14.2. The number of nitrogens with one attached hydrogen (secondary N) is 1. The molecule has 0 aliphatic heterocycles. The summed E-state index contributed by atoms with van der Waals surface area (Å²) in [5.74, 6) is 0. The van der Waals surface area contributed by atoms with Gasteiger partial charge in [-0.05, 0) is 38.7 Å². The molecule has 1 atom stereocenters. The Balaban J connectivity index is 1.90. The third-order valence-corrected chi connectivity index (χ3v) is 5.13. The van der Waals surface area contributed by atoms with Gasteiger partial charge in [-0.1, -0.05) is 61.5 Å². The normalized spacial score (nSPS) is 13.2. The maximum atomic E-state index is 9.36. The first kappa shape index (κ1) is 15.4. The van der Waals surface area contributed by atoms with Gasteiger partial charge in [0.25, 0.3) is 0 Å². The van der Waals surface area contributed by atoms with Gasteiger partial charge in [0.05, 0.1) is 13.2 Å². The van der Waals surface area contributed by atoms with Gasteiger partial charge >= 0.3 is 0 Å². The number of hydrogen-bond donors (Lipinski definition) is 2. The highest BCUT2D eigenvalue weighted by atomic mass is 16.3. The molecule has 4 aromatic rings. The molecule has 0 radical (unpaired) electrons. The molecule has 0 aliphatic carbocycles. The predicted octanol–water partition coefficient (Wildman–Crippen LogP) is 3.37. The van der Waals surface area contributed by atoms with E-state index in [0.29, 0.717) is 0 Å². The van der Waals surface area contributed by atoms with Crippen molar-refractivity contribution in [2.45, 2.75) is 19.9 Å². The van der Waals surface area contributed by atoms with E-state index in [2.05, 4.69) is 61.5 Å². The summed E-state index contributed by atoms with van der Waals surface area (Å²) in [6.45, 7) is 5.35. The first-order valence-electron chi connectivity index (χ1n) is 8.91. The molecule has 0 aliphatic rings. The maximum Gasteiger partial charge on any atom is 0.103 e. The Hall–Kier alpha value is -2.16. The third kappa shape index (κ3) is 2.52. The molecule has 2 nitrogen and oxygen atoms in total. The summed E-state index contributed by atoms with van der Waals surface area (Å²) >= 11 is 0. The van der Waals surface area contributed by atoms with Crippen molar-refractivity contribution in [2.75, 3.05) is 19.7 Å². The molecule has 1 unspecified atom stereocenters. The van der Waals surface area contributed by atoms with Gasteiger partial charge in [-0.25, -0.2) is 0 Å². The van der Waals surface area contributed by atoms with E-state index in [0.717, 1.165) is 26.1 Å². The van der Waals surface area contributed by atoms with Crippen LogP contribution in [0.1, 0.15) is 18.9 Å². The minimum Gasteiger partial charge on any atom is -0.391 e. The fraction of sp³-hybridized carbons (Fsp3) is 0.273. The van der Waals surface area contributed by atoms with Crippen LogP contribution in [0, 0.1) is 0 Å². The average molecular weight is 318 g/mol. The Kier molecular flexibility index (Phi) is 4.09. The lowest BCUT2D eigenvalue weighted by atomic mass is 9.92. The second-order valence-electron chi connectivity index (χ2n) is 6.73. The largest absolute Gasteiger partial charge is 0.391 e. The maximum absolute atomic E-state index is 9.36. The van der Waals surface area contributed by atoms with Gasteiger partial charge in [0.15, 0.2) is 0 Å². The molecule has 24 heavy (non-hydrogen) atoms. The SMILES string of the molecule is CCC[NH+](CCO)Cc1ccc2ccc3cccc4ccc1c2c34. The van der Waals surface area contributed by atoms with Crippen molar-refractivity contribution < 1.29 is 10.0 Å². The predicted molar refractivity (Wildman–Crippen MR) is 102 cm³/mol. The minimum absolute atomic E-state index is 0.251. The highest BCUT2D eigenvalue weighted by Gasteiger charge is 2.14. The van der Waals surface area contributed by atoms with Crippen LogP contribution in [0.3, 0.4) is 0 Å². The molecule has 0 aromatic heterocycles. The number of aliphatic hydroxyl groups is 1. The molecule has 0 saturated heterocycles. The fourth-order valence-corrected chi connectivity index (χ4v) is 4.03. The molecule has 0 spiro atoms. The molecule has 0 amide bonds. The fourth-order valence-electron chi connectivity index (χ4n) is 4.03. The second-order valence-corrected chi connectivity index (χ2v) is 6.73. The van der Waals surface area contributed by atoms with Gasteiger partial charge in [0.2, 0.25) is 0 Å². The molecular weight excluding hydrogens is 294 g/mol. The molecule has 0 bridgehead atoms. The van der Waals surface area contributed by atoms with E-state index in [9.17, 15) is 5.11 Å². The highest BCUT2D eigenvalue weighted by Crippen LogP contribution is 2.35. The molecule has 2 N–H and O–H groups in total. The van der Waals surface area contributed by atoms with E-state index >= 15 is 0 Å². The van der Waals surface area contributed by atoms with Crippen LogP contribution in [0.2, 0.25) is 0 Å². The molecule has 2 heteroatoms. The van der Waals surface area contributed by atoms with Crippen LogP contribution in [0.25, 0.3) is 32.3 Å². The van der Waals surface area contributed by atoms with Gasteiger partial charge < -0.3 is 10.0 Å². The van der Waals surface area contributed by atoms with Crippen LogP contribution in [-0.2, 0) is 6.54 Å². The lowest BCUT2D eigenvalue weighted by Crippen LogP contribution is -3.11. The van der Waals surface area contributed by atoms with E-state index in [1.165, 1.54) is 42.8 Å². The summed E-state index contributed by atoms with van der Waals surface area (Å²) in [5, 5.41) is 17.4. The van der Waals surface area contributed by atoms with Crippen LogP contribution in [0.15, 0.2) is 54.6 Å². The van der Waals surface area contributed by atoms with Crippen molar-refractivity contribution in [3.8, 4) is 0 Å². The Labute approximate surface area is 142 Å². The van der Waals surface area contributed by atoms with Gasteiger partial charge in [0, 0.05) is 5.56 Å². The smallest absolute Gasteiger partial charge is 0.103 e. The van der Waals surface area contributed by atoms with Crippen LogP contribution in [0.4, 0.5) is 0 Å². The summed E-state index contributed by atoms with van der Waals surface area (Å²) in [5.41, 5.74) is 1.39.